The topological polar surface area (TPSA) is 76.1 Å². The third-order valence-corrected chi connectivity index (χ3v) is 2.46. The average molecular weight is 202 g/mol. The molecule has 0 saturated heterocycles. The van der Waals surface area contributed by atoms with Crippen LogP contribution in [0, 0.1) is 0 Å². The monoisotopic (exact) mass is 202 g/mol. The summed E-state index contributed by atoms with van der Waals surface area (Å²) in [4.78, 5) is 0. The second kappa shape index (κ2) is 9.40. The lowest BCUT2D eigenvalue weighted by Crippen LogP contribution is -2.46. The van der Waals surface area contributed by atoms with Crippen LogP contribution in [0.4, 0.5) is 0 Å². The summed E-state index contributed by atoms with van der Waals surface area (Å²) < 4.78 is 0. The van der Waals surface area contributed by atoms with Gasteiger partial charge in [-0.2, -0.15) is 0 Å². The fourth-order valence-electron chi connectivity index (χ4n) is 1.46. The Bertz CT molecular complexity index is 119. The zero-order valence-electron chi connectivity index (χ0n) is 9.55. The van der Waals surface area contributed by atoms with Crippen molar-refractivity contribution in [3.8, 4) is 0 Å². The van der Waals surface area contributed by atoms with Gasteiger partial charge in [0.15, 0.2) is 0 Å². The van der Waals surface area contributed by atoms with E-state index in [0.717, 1.165) is 32.5 Å². The molecule has 2 atom stereocenters. The Labute approximate surface area is 87.8 Å². The van der Waals surface area contributed by atoms with Crippen molar-refractivity contribution in [3.05, 3.63) is 0 Å². The number of hydrogen-bond donors (Lipinski definition) is 4. The maximum atomic E-state index is 5.97. The summed E-state index contributed by atoms with van der Waals surface area (Å²) in [5.41, 5.74) is 11.3. The van der Waals surface area contributed by atoms with Gasteiger partial charge in [0.05, 0.1) is 0 Å². The van der Waals surface area contributed by atoms with E-state index in [0.29, 0.717) is 12.6 Å². The summed E-state index contributed by atoms with van der Waals surface area (Å²) >= 11 is 0. The van der Waals surface area contributed by atoms with Gasteiger partial charge in [0.25, 0.3) is 0 Å². The van der Waals surface area contributed by atoms with E-state index in [4.69, 9.17) is 11.5 Å². The molecule has 0 spiro atoms. The molecular weight excluding hydrogens is 176 g/mol. The lowest BCUT2D eigenvalue weighted by molar-refractivity contribution is 0.407. The van der Waals surface area contributed by atoms with Gasteiger partial charge in [0, 0.05) is 38.3 Å². The second-order valence-corrected chi connectivity index (χ2v) is 3.58. The summed E-state index contributed by atoms with van der Waals surface area (Å²) in [5, 5.41) is 6.69. The normalized spacial score (nSPS) is 15.4. The number of rotatable bonds is 9. The molecule has 0 heterocycles. The van der Waals surface area contributed by atoms with E-state index >= 15 is 0 Å². The number of nitrogens with two attached hydrogens (primary N) is 2. The molecule has 0 fully saturated rings. The standard InChI is InChI=1S/C10H26N4/c1-3-9(12)10(4-2)14-8-7-13-6-5-11/h9-10,13-14H,3-8,11-12H2,1-2H3. The Kier molecular flexibility index (Phi) is 9.29. The van der Waals surface area contributed by atoms with Gasteiger partial charge in [-0.1, -0.05) is 13.8 Å². The van der Waals surface area contributed by atoms with Crippen LogP contribution >= 0.6 is 0 Å². The highest BCUT2D eigenvalue weighted by atomic mass is 15.0. The summed E-state index contributed by atoms with van der Waals surface area (Å²) in [6.45, 7) is 7.81. The molecule has 6 N–H and O–H groups in total. The Hall–Kier alpha value is -0.160. The predicted molar refractivity (Wildman–Crippen MR) is 62.3 cm³/mol. The van der Waals surface area contributed by atoms with Gasteiger partial charge >= 0.3 is 0 Å². The van der Waals surface area contributed by atoms with Crippen LogP contribution < -0.4 is 22.1 Å². The van der Waals surface area contributed by atoms with Gasteiger partial charge in [0.2, 0.25) is 0 Å². The molecule has 86 valence electrons. The number of hydrogen-bond acceptors (Lipinski definition) is 4. The Morgan fingerprint density at radius 2 is 1.79 bits per heavy atom. The van der Waals surface area contributed by atoms with E-state index in [-0.39, 0.29) is 6.04 Å². The first-order valence-electron chi connectivity index (χ1n) is 5.65. The minimum absolute atomic E-state index is 0.273. The van der Waals surface area contributed by atoms with Crippen molar-refractivity contribution >= 4 is 0 Å². The SMILES string of the molecule is CCC(N)C(CC)NCCNCCN. The van der Waals surface area contributed by atoms with Crippen LogP contribution in [0.5, 0.6) is 0 Å². The van der Waals surface area contributed by atoms with Gasteiger partial charge in [-0.05, 0) is 12.8 Å². The molecule has 0 radical (unpaired) electrons. The van der Waals surface area contributed by atoms with Gasteiger partial charge in [-0.3, -0.25) is 0 Å². The van der Waals surface area contributed by atoms with Crippen molar-refractivity contribution in [3.63, 3.8) is 0 Å². The van der Waals surface area contributed by atoms with Crippen molar-refractivity contribution in [1.82, 2.24) is 10.6 Å². The molecule has 0 amide bonds. The van der Waals surface area contributed by atoms with Crippen molar-refractivity contribution in [1.29, 1.82) is 0 Å². The van der Waals surface area contributed by atoms with Crippen LogP contribution in [0.15, 0.2) is 0 Å². The predicted octanol–water partition coefficient (Wildman–Crippen LogP) is -0.360. The molecule has 4 nitrogen and oxygen atoms in total. The van der Waals surface area contributed by atoms with Crippen LogP contribution in [-0.4, -0.2) is 38.3 Å². The molecular formula is C10H26N4. The van der Waals surface area contributed by atoms with E-state index in [1.807, 2.05) is 0 Å². The Balaban J connectivity index is 3.42. The molecule has 0 aromatic carbocycles. The maximum absolute atomic E-state index is 5.97. The van der Waals surface area contributed by atoms with E-state index in [9.17, 15) is 0 Å². The molecule has 2 unspecified atom stereocenters. The molecule has 0 rings (SSSR count). The van der Waals surface area contributed by atoms with Crippen molar-refractivity contribution < 1.29 is 0 Å². The highest BCUT2D eigenvalue weighted by Gasteiger charge is 2.12. The maximum Gasteiger partial charge on any atom is 0.0216 e. The largest absolute Gasteiger partial charge is 0.329 e. The fraction of sp³-hybridized carbons (Fsp3) is 1.00. The first-order valence-corrected chi connectivity index (χ1v) is 5.65. The molecule has 14 heavy (non-hydrogen) atoms. The summed E-state index contributed by atoms with van der Waals surface area (Å²) in [6.07, 6.45) is 2.12. The average Bonchev–Trinajstić information content (AvgIpc) is 2.22. The lowest BCUT2D eigenvalue weighted by atomic mass is 10.0. The summed E-state index contributed by atoms with van der Waals surface area (Å²) in [5.74, 6) is 0. The molecule has 0 aliphatic heterocycles. The van der Waals surface area contributed by atoms with Gasteiger partial charge in [-0.15, -0.1) is 0 Å². The zero-order valence-corrected chi connectivity index (χ0v) is 9.55. The highest BCUT2D eigenvalue weighted by molar-refractivity contribution is 4.76. The van der Waals surface area contributed by atoms with E-state index in [2.05, 4.69) is 24.5 Å². The molecule has 0 aliphatic rings. The van der Waals surface area contributed by atoms with Crippen molar-refractivity contribution in [2.75, 3.05) is 26.2 Å². The van der Waals surface area contributed by atoms with Gasteiger partial charge < -0.3 is 22.1 Å². The first kappa shape index (κ1) is 13.8. The molecule has 0 aliphatic carbocycles. The van der Waals surface area contributed by atoms with Crippen LogP contribution in [0.1, 0.15) is 26.7 Å². The second-order valence-electron chi connectivity index (χ2n) is 3.58. The van der Waals surface area contributed by atoms with Crippen LogP contribution in [0.2, 0.25) is 0 Å². The first-order chi connectivity index (χ1) is 6.76. The third kappa shape index (κ3) is 6.32. The molecule has 4 heteroatoms. The van der Waals surface area contributed by atoms with Crippen LogP contribution in [0.25, 0.3) is 0 Å². The van der Waals surface area contributed by atoms with E-state index in [1.165, 1.54) is 0 Å². The zero-order chi connectivity index (χ0) is 10.8. The lowest BCUT2D eigenvalue weighted by Gasteiger charge is -2.22. The Morgan fingerprint density at radius 3 is 2.29 bits per heavy atom. The minimum atomic E-state index is 0.273. The Morgan fingerprint density at radius 1 is 1.07 bits per heavy atom. The van der Waals surface area contributed by atoms with Gasteiger partial charge in [0.1, 0.15) is 0 Å². The van der Waals surface area contributed by atoms with Crippen LogP contribution in [0.3, 0.4) is 0 Å². The molecule has 0 saturated carbocycles. The molecule has 0 aromatic rings. The van der Waals surface area contributed by atoms with E-state index in [1.54, 1.807) is 0 Å². The fourth-order valence-corrected chi connectivity index (χ4v) is 1.46. The summed E-state index contributed by atoms with van der Waals surface area (Å²) in [6, 6.07) is 0.717. The van der Waals surface area contributed by atoms with Crippen molar-refractivity contribution in [2.45, 2.75) is 38.8 Å². The quantitative estimate of drug-likeness (QED) is 0.385. The minimum Gasteiger partial charge on any atom is -0.329 e. The molecule has 0 aromatic heterocycles. The molecule has 0 bridgehead atoms. The van der Waals surface area contributed by atoms with Gasteiger partial charge in [-0.25, -0.2) is 0 Å². The van der Waals surface area contributed by atoms with E-state index < -0.39 is 0 Å². The third-order valence-electron chi connectivity index (χ3n) is 2.46. The van der Waals surface area contributed by atoms with Crippen molar-refractivity contribution in [2.24, 2.45) is 11.5 Å². The number of nitrogens with one attached hydrogen (secondary N) is 2. The summed E-state index contributed by atoms with van der Waals surface area (Å²) in [7, 11) is 0. The highest BCUT2D eigenvalue weighted by Crippen LogP contribution is 1.99. The van der Waals surface area contributed by atoms with Crippen LogP contribution in [-0.2, 0) is 0 Å². The smallest absolute Gasteiger partial charge is 0.0216 e.